The lowest BCUT2D eigenvalue weighted by atomic mass is 10.1. The van der Waals surface area contributed by atoms with Gasteiger partial charge >= 0.3 is 12.1 Å². The Bertz CT molecular complexity index is 2370. The maximum atomic E-state index is 13.5. The van der Waals surface area contributed by atoms with Gasteiger partial charge in [0, 0.05) is 62.0 Å². The van der Waals surface area contributed by atoms with Crippen LogP contribution in [0.1, 0.15) is 74.4 Å². The fraction of sp³-hybridized carbons (Fsp3) is 0.487. The summed E-state index contributed by atoms with van der Waals surface area (Å²) in [7, 11) is -8.79. The number of nitrogens with one attached hydrogen (secondary N) is 6. The number of hydrogen-bond acceptors (Lipinski definition) is 13. The number of nitrogens with zero attached hydrogens (tertiary/aromatic N) is 3. The number of carbonyl (C=O) groups excluding carboxylic acids is 3. The van der Waals surface area contributed by atoms with Crippen LogP contribution in [0.3, 0.4) is 0 Å². The van der Waals surface area contributed by atoms with Crippen molar-refractivity contribution in [3.63, 3.8) is 0 Å². The molecule has 0 saturated heterocycles. The number of ether oxygens (including phenoxy) is 2. The molecule has 340 valence electrons. The normalized spacial score (nSPS) is 12.9. The molecule has 21 nitrogen and oxygen atoms in total. The van der Waals surface area contributed by atoms with Crippen LogP contribution in [-0.4, -0.2) is 120 Å². The maximum absolute atomic E-state index is 13.5. The number of alkyl carbamates (subject to hydrolysis) is 1. The average molecular weight is 906 g/mol. The number of aliphatic carboxylic acids is 1. The Balaban J connectivity index is 1.22. The molecule has 4 rings (SSSR count). The van der Waals surface area contributed by atoms with Gasteiger partial charge in [-0.2, -0.15) is 18.2 Å². The van der Waals surface area contributed by atoms with Crippen molar-refractivity contribution in [1.82, 2.24) is 40.4 Å². The smallest absolute Gasteiger partial charge is 0.407 e. The molecule has 8 N–H and O–H groups in total. The monoisotopic (exact) mass is 905 g/mol. The maximum Gasteiger partial charge on any atom is 0.407 e. The molecule has 2 heterocycles. The molecule has 2 atom stereocenters. The Morgan fingerprint density at radius 1 is 0.968 bits per heavy atom. The number of aryl methyl sites for hydroxylation is 3. The third-order valence-electron chi connectivity index (χ3n) is 9.01. The number of hydrogen-bond donors (Lipinski definition) is 8. The van der Waals surface area contributed by atoms with Crippen LogP contribution < -0.4 is 30.7 Å². The van der Waals surface area contributed by atoms with Crippen molar-refractivity contribution in [3.05, 3.63) is 65.6 Å². The van der Waals surface area contributed by atoms with Crippen molar-refractivity contribution in [2.45, 2.75) is 95.8 Å². The van der Waals surface area contributed by atoms with Crippen LogP contribution in [0.4, 0.5) is 10.7 Å². The minimum atomic E-state index is -4.40. The second-order valence-corrected chi connectivity index (χ2v) is 18.7. The predicted octanol–water partition coefficient (Wildman–Crippen LogP) is 2.88. The summed E-state index contributed by atoms with van der Waals surface area (Å²) in [5.74, 6) is -2.12. The van der Waals surface area contributed by atoms with Crippen LogP contribution in [-0.2, 0) is 41.0 Å². The van der Waals surface area contributed by atoms with E-state index in [1.165, 1.54) is 26.0 Å². The Labute approximate surface area is 359 Å². The minimum Gasteiger partial charge on any atom is -0.494 e. The molecule has 0 radical (unpaired) electrons. The highest BCUT2D eigenvalue weighted by molar-refractivity contribution is 7.89. The molecule has 0 aliphatic carbocycles. The number of anilines is 1. The SMILES string of the molecule is Cc1cc(OCCCC(=O)NCCC[C@H](CS(=O)(=O)O)NC(=O)OC(C)(C)C)cc(C)c1S(=O)(=O)N[C@@H](CNC(=O)c1ccc2c(cnn2CCCNc2ncc[nH]2)c1)C(=O)O. The summed E-state index contributed by atoms with van der Waals surface area (Å²) in [5, 5.41) is 25.8. The molecular formula is C39H55N9O12S2. The highest BCUT2D eigenvalue weighted by Crippen LogP contribution is 2.26. The second-order valence-electron chi connectivity index (χ2n) is 15.5. The van der Waals surface area contributed by atoms with Crippen LogP contribution in [0.25, 0.3) is 10.9 Å². The van der Waals surface area contributed by atoms with Crippen molar-refractivity contribution in [3.8, 4) is 5.75 Å². The number of H-pyrrole nitrogens is 1. The first kappa shape index (κ1) is 48.9. The lowest BCUT2D eigenvalue weighted by molar-refractivity contribution is -0.138. The lowest BCUT2D eigenvalue weighted by Gasteiger charge is -2.23. The van der Waals surface area contributed by atoms with Gasteiger partial charge in [0.25, 0.3) is 16.0 Å². The van der Waals surface area contributed by atoms with Gasteiger partial charge in [-0.15, -0.1) is 0 Å². The van der Waals surface area contributed by atoms with Gasteiger partial charge in [0.2, 0.25) is 15.9 Å². The van der Waals surface area contributed by atoms with E-state index < -0.39 is 68.1 Å². The third kappa shape index (κ3) is 15.9. The fourth-order valence-electron chi connectivity index (χ4n) is 6.36. The van der Waals surface area contributed by atoms with E-state index in [0.717, 1.165) is 11.9 Å². The van der Waals surface area contributed by atoms with E-state index in [-0.39, 0.29) is 53.5 Å². The Morgan fingerprint density at radius 2 is 1.69 bits per heavy atom. The fourth-order valence-corrected chi connectivity index (χ4v) is 8.76. The van der Waals surface area contributed by atoms with Crippen molar-refractivity contribution in [1.29, 1.82) is 0 Å². The molecule has 3 amide bonds. The topological polar surface area (TPSA) is 302 Å². The quantitative estimate of drug-likeness (QED) is 0.0370. The van der Waals surface area contributed by atoms with Gasteiger partial charge in [0.05, 0.1) is 29.0 Å². The van der Waals surface area contributed by atoms with Crippen LogP contribution in [0.2, 0.25) is 0 Å². The Kier molecular flexibility index (Phi) is 17.2. The number of aromatic nitrogens is 4. The highest BCUT2D eigenvalue weighted by atomic mass is 32.2. The number of fused-ring (bicyclic) bond motifs is 1. The molecule has 4 aromatic rings. The molecule has 0 bridgehead atoms. The van der Waals surface area contributed by atoms with Crippen molar-refractivity contribution in [2.75, 3.05) is 37.3 Å². The van der Waals surface area contributed by atoms with E-state index in [1.54, 1.807) is 62.2 Å². The Hall–Kier alpha value is -5.78. The molecule has 0 spiro atoms. The highest BCUT2D eigenvalue weighted by Gasteiger charge is 2.29. The Morgan fingerprint density at radius 3 is 2.34 bits per heavy atom. The molecule has 0 saturated carbocycles. The van der Waals surface area contributed by atoms with Crippen molar-refractivity contribution >= 4 is 60.9 Å². The summed E-state index contributed by atoms with van der Waals surface area (Å²) in [4.78, 5) is 56.6. The molecule has 0 aliphatic heterocycles. The molecule has 0 fully saturated rings. The van der Waals surface area contributed by atoms with Gasteiger partial charge in [0.1, 0.15) is 17.4 Å². The van der Waals surface area contributed by atoms with E-state index in [4.69, 9.17) is 9.47 Å². The minimum absolute atomic E-state index is 0.0810. The average Bonchev–Trinajstić information content (AvgIpc) is 3.83. The number of aromatic amines is 1. The number of benzene rings is 2. The van der Waals surface area contributed by atoms with Gasteiger partial charge in [-0.1, -0.05) is 0 Å². The molecule has 62 heavy (non-hydrogen) atoms. The van der Waals surface area contributed by atoms with Gasteiger partial charge in [0.15, 0.2) is 5.95 Å². The zero-order valence-electron chi connectivity index (χ0n) is 35.2. The van der Waals surface area contributed by atoms with Crippen LogP contribution >= 0.6 is 0 Å². The first-order valence-electron chi connectivity index (χ1n) is 19.8. The first-order chi connectivity index (χ1) is 29.1. The predicted molar refractivity (Wildman–Crippen MR) is 228 cm³/mol. The number of sulfonamides is 1. The number of amides is 3. The summed E-state index contributed by atoms with van der Waals surface area (Å²) >= 11 is 0. The lowest BCUT2D eigenvalue weighted by Crippen LogP contribution is -2.48. The van der Waals surface area contributed by atoms with E-state index >= 15 is 0 Å². The van der Waals surface area contributed by atoms with E-state index in [9.17, 15) is 45.7 Å². The van der Waals surface area contributed by atoms with Crippen LogP contribution in [0.5, 0.6) is 5.75 Å². The molecule has 2 aromatic heterocycles. The van der Waals surface area contributed by atoms with Crippen LogP contribution in [0.15, 0.2) is 53.8 Å². The number of rotatable bonds is 24. The second kappa shape index (κ2) is 21.8. The van der Waals surface area contributed by atoms with Crippen LogP contribution in [0, 0.1) is 13.8 Å². The molecule has 23 heteroatoms. The number of carboxylic acid groups (broad SMARTS) is 1. The standard InChI is InChI=1S/C39H55N9O12S2/c1-25-19-30(59-18-7-10-33(49)40-13-6-9-29(24-61(54,55)56)46-38(53)60-39(3,4)5)20-26(2)34(25)62(57,58)47-31(36(51)52)23-44-35(50)27-11-12-32-28(21-27)22-45-48(32)17-8-14-41-37-42-15-16-43-37/h11-12,15-16,19-22,29,31,47H,6-10,13-14,17-18,23-24H2,1-5H3,(H,40,49)(H,44,50)(H,46,53)(H,51,52)(H2,41,42,43)(H,54,55,56)/t29-,31+/m1/s1. The molecule has 0 aliphatic rings. The summed E-state index contributed by atoms with van der Waals surface area (Å²) in [5.41, 5.74) is 0.773. The summed E-state index contributed by atoms with van der Waals surface area (Å²) in [6, 6.07) is 5.25. The first-order valence-corrected chi connectivity index (χ1v) is 22.9. The molecule has 2 aromatic carbocycles. The zero-order chi connectivity index (χ0) is 45.7. The van der Waals surface area contributed by atoms with Gasteiger partial charge < -0.3 is 40.8 Å². The number of carboxylic acids is 1. The largest absolute Gasteiger partial charge is 0.494 e. The third-order valence-corrected chi connectivity index (χ3v) is 11.6. The van der Waals surface area contributed by atoms with Gasteiger partial charge in [-0.05, 0) is 102 Å². The van der Waals surface area contributed by atoms with Gasteiger partial charge in [-0.25, -0.2) is 18.2 Å². The summed E-state index contributed by atoms with van der Waals surface area (Å²) in [6.45, 7) is 9.00. The van der Waals surface area contributed by atoms with Gasteiger partial charge in [-0.3, -0.25) is 23.6 Å². The zero-order valence-corrected chi connectivity index (χ0v) is 36.8. The number of carbonyl (C=O) groups is 4. The van der Waals surface area contributed by atoms with E-state index in [1.807, 2.05) is 0 Å². The summed E-state index contributed by atoms with van der Waals surface area (Å²) in [6.07, 6.45) is 5.72. The van der Waals surface area contributed by atoms with Crippen molar-refractivity contribution in [2.24, 2.45) is 0 Å². The summed E-state index contributed by atoms with van der Waals surface area (Å²) < 4.78 is 74.0. The van der Waals surface area contributed by atoms with Crippen molar-refractivity contribution < 1.29 is 55.1 Å². The molecular weight excluding hydrogens is 851 g/mol. The van der Waals surface area contributed by atoms with E-state index in [0.29, 0.717) is 43.0 Å². The number of imidazole rings is 1. The molecule has 0 unspecified atom stereocenters. The van der Waals surface area contributed by atoms with E-state index in [2.05, 4.69) is 41.1 Å².